The van der Waals surface area contributed by atoms with E-state index in [4.69, 9.17) is 0 Å². The number of aliphatic hydroxyl groups is 1. The van der Waals surface area contributed by atoms with Crippen LogP contribution in [-0.2, 0) is 6.61 Å². The van der Waals surface area contributed by atoms with E-state index in [1.165, 1.54) is 11.3 Å². The molecule has 0 aliphatic heterocycles. The van der Waals surface area contributed by atoms with Crippen LogP contribution in [-0.4, -0.2) is 21.8 Å². The average Bonchev–Trinajstić information content (AvgIpc) is 3.04. The quantitative estimate of drug-likeness (QED) is 0.747. The normalized spacial score (nSPS) is 10.5. The van der Waals surface area contributed by atoms with E-state index in [2.05, 4.69) is 21.7 Å². The topological polar surface area (TPSA) is 58.4 Å². The smallest absolute Gasteiger partial charge is 0.209 e. The van der Waals surface area contributed by atoms with E-state index >= 15 is 0 Å². The van der Waals surface area contributed by atoms with Crippen molar-refractivity contribution >= 4 is 23.2 Å². The molecule has 0 radical (unpaired) electrons. The molecule has 0 saturated carbocycles. The Kier molecular flexibility index (Phi) is 3.85. The van der Waals surface area contributed by atoms with Crippen LogP contribution in [0.25, 0.3) is 22.6 Å². The predicted molar refractivity (Wildman–Crippen MR) is 85.9 cm³/mol. The van der Waals surface area contributed by atoms with Gasteiger partial charge in [-0.25, -0.2) is 15.0 Å². The summed E-state index contributed by atoms with van der Waals surface area (Å²) in [5.41, 5.74) is 4.28. The Bertz CT molecular complexity index is 782. The number of hydrogen-bond acceptors (Lipinski definition) is 5. The van der Waals surface area contributed by atoms with Crippen LogP contribution in [0, 0.1) is 0 Å². The SMILES string of the molecule is C=Nc1nc(-c2cccc(-c3cccc(CO)c3)n2)cs1. The first-order valence-electron chi connectivity index (χ1n) is 6.40. The molecular formula is C16H13N3OS. The summed E-state index contributed by atoms with van der Waals surface area (Å²) in [6, 6.07) is 13.5. The van der Waals surface area contributed by atoms with E-state index in [-0.39, 0.29) is 6.61 Å². The first-order chi connectivity index (χ1) is 10.3. The zero-order valence-corrected chi connectivity index (χ0v) is 12.0. The first kappa shape index (κ1) is 13.6. The Morgan fingerprint density at radius 2 is 1.86 bits per heavy atom. The molecule has 0 unspecified atom stereocenters. The number of aliphatic imine (C=N–C) groups is 1. The fraction of sp³-hybridized carbons (Fsp3) is 0.0625. The number of aliphatic hydroxyl groups excluding tert-OH is 1. The lowest BCUT2D eigenvalue weighted by atomic mass is 10.1. The summed E-state index contributed by atoms with van der Waals surface area (Å²) in [5.74, 6) is 0. The van der Waals surface area contributed by atoms with Gasteiger partial charge in [-0.1, -0.05) is 24.3 Å². The van der Waals surface area contributed by atoms with Crippen molar-refractivity contribution < 1.29 is 5.11 Å². The van der Waals surface area contributed by atoms with Gasteiger partial charge in [0.15, 0.2) is 0 Å². The molecule has 0 spiro atoms. The molecule has 0 bridgehead atoms. The van der Waals surface area contributed by atoms with Gasteiger partial charge >= 0.3 is 0 Å². The largest absolute Gasteiger partial charge is 0.392 e. The molecule has 21 heavy (non-hydrogen) atoms. The van der Waals surface area contributed by atoms with Gasteiger partial charge in [0, 0.05) is 10.9 Å². The molecule has 0 saturated heterocycles. The third-order valence-electron chi connectivity index (χ3n) is 3.04. The molecule has 1 aromatic carbocycles. The number of pyridine rings is 1. The van der Waals surface area contributed by atoms with Crippen LogP contribution in [0.3, 0.4) is 0 Å². The van der Waals surface area contributed by atoms with Gasteiger partial charge in [0.1, 0.15) is 5.69 Å². The van der Waals surface area contributed by atoms with Crippen LogP contribution < -0.4 is 0 Å². The Balaban J connectivity index is 2.01. The first-order valence-corrected chi connectivity index (χ1v) is 7.28. The van der Waals surface area contributed by atoms with Crippen LogP contribution in [0.4, 0.5) is 5.13 Å². The molecule has 3 aromatic rings. The van der Waals surface area contributed by atoms with Gasteiger partial charge in [0.2, 0.25) is 5.13 Å². The van der Waals surface area contributed by atoms with Crippen molar-refractivity contribution in [1.82, 2.24) is 9.97 Å². The lowest BCUT2D eigenvalue weighted by molar-refractivity contribution is 0.282. The molecule has 0 atom stereocenters. The molecule has 1 N–H and O–H groups in total. The summed E-state index contributed by atoms with van der Waals surface area (Å²) >= 11 is 1.44. The van der Waals surface area contributed by atoms with Gasteiger partial charge < -0.3 is 5.11 Å². The van der Waals surface area contributed by atoms with E-state index in [0.29, 0.717) is 5.13 Å². The lowest BCUT2D eigenvalue weighted by Crippen LogP contribution is -1.89. The van der Waals surface area contributed by atoms with Gasteiger partial charge in [-0.3, -0.25) is 0 Å². The average molecular weight is 295 g/mol. The maximum Gasteiger partial charge on any atom is 0.209 e. The van der Waals surface area contributed by atoms with Crippen molar-refractivity contribution in [2.45, 2.75) is 6.61 Å². The summed E-state index contributed by atoms with van der Waals surface area (Å²) in [6.07, 6.45) is 0. The number of aromatic nitrogens is 2. The molecule has 3 rings (SSSR count). The molecule has 5 heteroatoms. The Labute approximate surface area is 126 Å². The Morgan fingerprint density at radius 3 is 2.62 bits per heavy atom. The maximum absolute atomic E-state index is 9.23. The van der Waals surface area contributed by atoms with Crippen molar-refractivity contribution in [3.8, 4) is 22.6 Å². The molecule has 0 aliphatic rings. The van der Waals surface area contributed by atoms with Gasteiger partial charge in [0.25, 0.3) is 0 Å². The monoisotopic (exact) mass is 295 g/mol. The summed E-state index contributed by atoms with van der Waals surface area (Å²) < 4.78 is 0. The van der Waals surface area contributed by atoms with Crippen molar-refractivity contribution in [1.29, 1.82) is 0 Å². The standard InChI is InChI=1S/C16H13N3OS/c1-17-16-19-15(10-21-16)14-7-3-6-13(18-14)12-5-2-4-11(8-12)9-20/h2-8,10,20H,1,9H2. The number of nitrogens with zero attached hydrogens (tertiary/aromatic N) is 3. The van der Waals surface area contributed by atoms with E-state index in [1.54, 1.807) is 0 Å². The van der Waals surface area contributed by atoms with E-state index < -0.39 is 0 Å². The van der Waals surface area contributed by atoms with Crippen molar-refractivity contribution in [3.63, 3.8) is 0 Å². The van der Waals surface area contributed by atoms with Crippen molar-refractivity contribution in [2.24, 2.45) is 4.99 Å². The summed E-state index contributed by atoms with van der Waals surface area (Å²) in [6.45, 7) is 3.50. The molecule has 4 nitrogen and oxygen atoms in total. The zero-order chi connectivity index (χ0) is 14.7. The second-order valence-electron chi connectivity index (χ2n) is 4.44. The molecule has 0 fully saturated rings. The summed E-state index contributed by atoms with van der Waals surface area (Å²) in [7, 11) is 0. The van der Waals surface area contributed by atoms with Crippen molar-refractivity contribution in [3.05, 3.63) is 53.4 Å². The third kappa shape index (κ3) is 2.89. The van der Waals surface area contributed by atoms with Crippen LogP contribution in [0.1, 0.15) is 5.56 Å². The molecule has 104 valence electrons. The minimum Gasteiger partial charge on any atom is -0.392 e. The van der Waals surface area contributed by atoms with Crippen LogP contribution in [0.2, 0.25) is 0 Å². The second-order valence-corrected chi connectivity index (χ2v) is 5.28. The van der Waals surface area contributed by atoms with E-state index in [1.807, 2.05) is 47.8 Å². The van der Waals surface area contributed by atoms with Crippen LogP contribution in [0.5, 0.6) is 0 Å². The van der Waals surface area contributed by atoms with Gasteiger partial charge in [-0.2, -0.15) is 0 Å². The second kappa shape index (κ2) is 5.95. The molecule has 0 amide bonds. The highest BCUT2D eigenvalue weighted by Crippen LogP contribution is 2.27. The van der Waals surface area contributed by atoms with Gasteiger partial charge in [0.05, 0.1) is 18.0 Å². The van der Waals surface area contributed by atoms with Gasteiger partial charge in [-0.15, -0.1) is 11.3 Å². The lowest BCUT2D eigenvalue weighted by Gasteiger charge is -2.04. The number of benzene rings is 1. The highest BCUT2D eigenvalue weighted by atomic mass is 32.1. The highest BCUT2D eigenvalue weighted by Gasteiger charge is 2.07. The summed E-state index contributed by atoms with van der Waals surface area (Å²) in [5, 5.41) is 11.8. The highest BCUT2D eigenvalue weighted by molar-refractivity contribution is 7.13. The fourth-order valence-corrected chi connectivity index (χ4v) is 2.64. The third-order valence-corrected chi connectivity index (χ3v) is 3.82. The van der Waals surface area contributed by atoms with E-state index in [9.17, 15) is 5.11 Å². The summed E-state index contributed by atoms with van der Waals surface area (Å²) in [4.78, 5) is 12.8. The van der Waals surface area contributed by atoms with Gasteiger partial charge in [-0.05, 0) is 30.5 Å². The maximum atomic E-state index is 9.23. The number of hydrogen-bond donors (Lipinski definition) is 1. The minimum absolute atomic E-state index is 0.0218. The number of thiazole rings is 1. The van der Waals surface area contributed by atoms with E-state index in [0.717, 1.165) is 28.2 Å². The van der Waals surface area contributed by atoms with Crippen LogP contribution >= 0.6 is 11.3 Å². The molecule has 0 aliphatic carbocycles. The fourth-order valence-electron chi connectivity index (χ4n) is 2.02. The Morgan fingerprint density at radius 1 is 1.05 bits per heavy atom. The van der Waals surface area contributed by atoms with Crippen LogP contribution in [0.15, 0.2) is 52.8 Å². The minimum atomic E-state index is 0.0218. The molecule has 2 heterocycles. The molecule has 2 aromatic heterocycles. The zero-order valence-electron chi connectivity index (χ0n) is 11.2. The predicted octanol–water partition coefficient (Wildman–Crippen LogP) is 3.70. The van der Waals surface area contributed by atoms with Crippen molar-refractivity contribution in [2.75, 3.05) is 0 Å². The Hall–Kier alpha value is -2.37. The molecular weight excluding hydrogens is 282 g/mol. The number of rotatable bonds is 4.